The van der Waals surface area contributed by atoms with Crippen molar-refractivity contribution in [2.75, 3.05) is 6.61 Å². The number of para-hydroxylation sites is 2. The van der Waals surface area contributed by atoms with Gasteiger partial charge in [-0.05, 0) is 47.7 Å². The maximum atomic E-state index is 11.9. The number of ether oxygens (including phenoxy) is 1. The van der Waals surface area contributed by atoms with Gasteiger partial charge in [-0.15, -0.1) is 0 Å². The second-order valence-corrected chi connectivity index (χ2v) is 8.76. The SMILES string of the molecule is CCOC(=O)c1ccc(Cn2c(-c3ccc(C(C)(C)C)cc3)nc3ccccc32)cc1. The summed E-state index contributed by atoms with van der Waals surface area (Å²) >= 11 is 0. The highest BCUT2D eigenvalue weighted by atomic mass is 16.5. The van der Waals surface area contributed by atoms with E-state index >= 15 is 0 Å². The molecule has 0 amide bonds. The van der Waals surface area contributed by atoms with Crippen molar-refractivity contribution in [1.29, 1.82) is 0 Å². The van der Waals surface area contributed by atoms with Crippen LogP contribution in [0, 0.1) is 0 Å². The number of nitrogens with zero attached hydrogens (tertiary/aromatic N) is 2. The van der Waals surface area contributed by atoms with Crippen LogP contribution in [-0.2, 0) is 16.7 Å². The van der Waals surface area contributed by atoms with Gasteiger partial charge in [0.1, 0.15) is 5.82 Å². The molecule has 31 heavy (non-hydrogen) atoms. The molecule has 0 radical (unpaired) electrons. The minimum absolute atomic E-state index is 0.110. The zero-order valence-corrected chi connectivity index (χ0v) is 18.6. The molecule has 3 aromatic carbocycles. The van der Waals surface area contributed by atoms with Crippen LogP contribution in [0.15, 0.2) is 72.8 Å². The third-order valence-corrected chi connectivity index (χ3v) is 5.47. The lowest BCUT2D eigenvalue weighted by atomic mass is 9.87. The molecule has 0 saturated heterocycles. The second kappa shape index (κ2) is 8.38. The van der Waals surface area contributed by atoms with Crippen LogP contribution in [-0.4, -0.2) is 22.1 Å². The average Bonchev–Trinajstić information content (AvgIpc) is 3.12. The van der Waals surface area contributed by atoms with Gasteiger partial charge in [0.25, 0.3) is 0 Å². The van der Waals surface area contributed by atoms with Gasteiger partial charge in [-0.1, -0.05) is 69.3 Å². The minimum Gasteiger partial charge on any atom is -0.462 e. The molecular weight excluding hydrogens is 384 g/mol. The zero-order chi connectivity index (χ0) is 22.0. The number of esters is 1. The van der Waals surface area contributed by atoms with Crippen LogP contribution >= 0.6 is 0 Å². The van der Waals surface area contributed by atoms with Gasteiger partial charge in [-0.2, -0.15) is 0 Å². The molecule has 158 valence electrons. The number of hydrogen-bond donors (Lipinski definition) is 0. The summed E-state index contributed by atoms with van der Waals surface area (Å²) < 4.78 is 7.32. The monoisotopic (exact) mass is 412 g/mol. The fourth-order valence-electron chi connectivity index (χ4n) is 3.72. The van der Waals surface area contributed by atoms with Crippen LogP contribution in [0.25, 0.3) is 22.4 Å². The molecule has 0 saturated carbocycles. The van der Waals surface area contributed by atoms with Crippen molar-refractivity contribution in [2.45, 2.75) is 39.7 Å². The molecule has 1 heterocycles. The van der Waals surface area contributed by atoms with Gasteiger partial charge >= 0.3 is 5.97 Å². The average molecular weight is 413 g/mol. The van der Waals surface area contributed by atoms with Crippen LogP contribution in [0.3, 0.4) is 0 Å². The Bertz CT molecular complexity index is 1200. The largest absolute Gasteiger partial charge is 0.462 e. The summed E-state index contributed by atoms with van der Waals surface area (Å²) in [6.45, 7) is 9.51. The Balaban J connectivity index is 1.71. The summed E-state index contributed by atoms with van der Waals surface area (Å²) in [4.78, 5) is 16.9. The molecule has 0 aliphatic carbocycles. The van der Waals surface area contributed by atoms with Crippen molar-refractivity contribution in [3.05, 3.63) is 89.5 Å². The van der Waals surface area contributed by atoms with Crippen LogP contribution in [0.1, 0.15) is 49.2 Å². The Kier molecular flexibility index (Phi) is 5.64. The van der Waals surface area contributed by atoms with Crippen molar-refractivity contribution in [3.8, 4) is 11.4 Å². The van der Waals surface area contributed by atoms with Crippen LogP contribution in [0.2, 0.25) is 0 Å². The van der Waals surface area contributed by atoms with E-state index in [1.807, 2.05) is 49.4 Å². The Morgan fingerprint density at radius 3 is 2.26 bits per heavy atom. The number of aromatic nitrogens is 2. The molecule has 0 aliphatic rings. The van der Waals surface area contributed by atoms with Crippen molar-refractivity contribution in [3.63, 3.8) is 0 Å². The van der Waals surface area contributed by atoms with E-state index in [1.165, 1.54) is 5.56 Å². The Morgan fingerprint density at radius 2 is 1.61 bits per heavy atom. The van der Waals surface area contributed by atoms with Crippen molar-refractivity contribution < 1.29 is 9.53 Å². The summed E-state index contributed by atoms with van der Waals surface area (Å²) in [5.41, 5.74) is 6.23. The third-order valence-electron chi connectivity index (χ3n) is 5.47. The van der Waals surface area contributed by atoms with E-state index in [4.69, 9.17) is 9.72 Å². The van der Waals surface area contributed by atoms with Gasteiger partial charge in [0.15, 0.2) is 0 Å². The minimum atomic E-state index is -0.290. The van der Waals surface area contributed by atoms with E-state index in [0.29, 0.717) is 18.7 Å². The van der Waals surface area contributed by atoms with E-state index in [-0.39, 0.29) is 11.4 Å². The van der Waals surface area contributed by atoms with Crippen molar-refractivity contribution >= 4 is 17.0 Å². The fraction of sp³-hybridized carbons (Fsp3) is 0.259. The first-order valence-electron chi connectivity index (χ1n) is 10.7. The Morgan fingerprint density at radius 1 is 0.935 bits per heavy atom. The topological polar surface area (TPSA) is 44.1 Å². The Hall–Kier alpha value is -3.40. The number of hydrogen-bond acceptors (Lipinski definition) is 3. The molecule has 0 aliphatic heterocycles. The second-order valence-electron chi connectivity index (χ2n) is 8.76. The van der Waals surface area contributed by atoms with E-state index in [1.54, 1.807) is 0 Å². The summed E-state index contributed by atoms with van der Waals surface area (Å²) in [6, 6.07) is 24.5. The van der Waals surface area contributed by atoms with E-state index < -0.39 is 0 Å². The maximum Gasteiger partial charge on any atom is 0.338 e. The first-order valence-corrected chi connectivity index (χ1v) is 10.7. The van der Waals surface area contributed by atoms with Gasteiger partial charge in [-0.25, -0.2) is 9.78 Å². The predicted molar refractivity (Wildman–Crippen MR) is 125 cm³/mol. The highest BCUT2D eigenvalue weighted by Crippen LogP contribution is 2.29. The quantitative estimate of drug-likeness (QED) is 0.365. The molecule has 4 rings (SSSR count). The fourth-order valence-corrected chi connectivity index (χ4v) is 3.72. The lowest BCUT2D eigenvalue weighted by molar-refractivity contribution is 0.0526. The van der Waals surface area contributed by atoms with E-state index in [0.717, 1.165) is 28.0 Å². The van der Waals surface area contributed by atoms with Gasteiger partial charge in [0.2, 0.25) is 0 Å². The lowest BCUT2D eigenvalue weighted by Gasteiger charge is -2.19. The number of imidazole rings is 1. The van der Waals surface area contributed by atoms with Crippen LogP contribution in [0.5, 0.6) is 0 Å². The number of carbonyl (C=O) groups excluding carboxylic acids is 1. The molecular formula is C27H28N2O2. The number of rotatable bonds is 5. The standard InChI is InChI=1S/C27H28N2O2/c1-5-31-26(30)21-12-10-19(11-13-21)18-29-24-9-7-6-8-23(24)28-25(29)20-14-16-22(17-15-20)27(2,3)4/h6-17H,5,18H2,1-4H3. The maximum absolute atomic E-state index is 11.9. The third kappa shape index (κ3) is 4.38. The van der Waals surface area contributed by atoms with Gasteiger partial charge in [-0.3, -0.25) is 0 Å². The van der Waals surface area contributed by atoms with Crippen LogP contribution < -0.4 is 0 Å². The molecule has 0 bridgehead atoms. The molecule has 0 unspecified atom stereocenters. The molecule has 4 heteroatoms. The molecule has 0 fully saturated rings. The first kappa shape index (κ1) is 20.9. The van der Waals surface area contributed by atoms with Crippen molar-refractivity contribution in [1.82, 2.24) is 9.55 Å². The first-order chi connectivity index (χ1) is 14.9. The molecule has 0 N–H and O–H groups in total. The summed E-state index contributed by atoms with van der Waals surface area (Å²) in [5, 5.41) is 0. The lowest BCUT2D eigenvalue weighted by Crippen LogP contribution is -2.10. The number of carbonyl (C=O) groups is 1. The highest BCUT2D eigenvalue weighted by molar-refractivity contribution is 5.89. The zero-order valence-electron chi connectivity index (χ0n) is 18.6. The summed E-state index contributed by atoms with van der Waals surface area (Å²) in [5.74, 6) is 0.651. The van der Waals surface area contributed by atoms with Crippen molar-refractivity contribution in [2.24, 2.45) is 0 Å². The smallest absolute Gasteiger partial charge is 0.338 e. The Labute approximate surface area is 183 Å². The van der Waals surface area contributed by atoms with E-state index in [9.17, 15) is 4.79 Å². The van der Waals surface area contributed by atoms with Crippen LogP contribution in [0.4, 0.5) is 0 Å². The summed E-state index contributed by atoms with van der Waals surface area (Å²) in [7, 11) is 0. The molecule has 0 spiro atoms. The van der Waals surface area contributed by atoms with Gasteiger partial charge in [0, 0.05) is 12.1 Å². The van der Waals surface area contributed by atoms with Gasteiger partial charge in [0.05, 0.1) is 23.2 Å². The van der Waals surface area contributed by atoms with Gasteiger partial charge < -0.3 is 9.30 Å². The normalized spacial score (nSPS) is 11.6. The number of benzene rings is 3. The molecule has 4 nitrogen and oxygen atoms in total. The molecule has 1 aromatic heterocycles. The number of fused-ring (bicyclic) bond motifs is 1. The predicted octanol–water partition coefficient (Wildman–Crippen LogP) is 6.23. The van der Waals surface area contributed by atoms with E-state index in [2.05, 4.69) is 55.7 Å². The molecule has 4 aromatic rings. The molecule has 0 atom stereocenters. The highest BCUT2D eigenvalue weighted by Gasteiger charge is 2.16. The summed E-state index contributed by atoms with van der Waals surface area (Å²) in [6.07, 6.45) is 0.